The van der Waals surface area contributed by atoms with Crippen LogP contribution in [0.3, 0.4) is 0 Å². The number of carbonyl (C=O) groups is 4. The SMILES string of the molecule is O=C(N[C@@H](CC1CC1)C(=O)N[C@@H](CC1CCC2(CC2)NC1=O)C(=O)O)c1cc2cccc(Cl)c2[nH]1. The lowest BCUT2D eigenvalue weighted by Gasteiger charge is -2.31. The number of piperidine rings is 1. The number of carboxylic acids is 1. The second kappa shape index (κ2) is 9.18. The molecule has 2 aromatic rings. The molecule has 5 N–H and O–H groups in total. The molecule has 1 spiro atoms. The largest absolute Gasteiger partial charge is 0.480 e. The van der Waals surface area contributed by atoms with Gasteiger partial charge in [0.1, 0.15) is 17.8 Å². The van der Waals surface area contributed by atoms with Gasteiger partial charge in [0, 0.05) is 16.8 Å². The topological polar surface area (TPSA) is 140 Å². The van der Waals surface area contributed by atoms with Crippen molar-refractivity contribution in [1.29, 1.82) is 0 Å². The van der Waals surface area contributed by atoms with E-state index in [1.54, 1.807) is 18.2 Å². The Kier molecular flexibility index (Phi) is 6.21. The van der Waals surface area contributed by atoms with E-state index in [1.165, 1.54) is 0 Å². The van der Waals surface area contributed by atoms with Crippen molar-refractivity contribution < 1.29 is 24.3 Å². The minimum Gasteiger partial charge on any atom is -0.480 e. The lowest BCUT2D eigenvalue weighted by atomic mass is 9.87. The molecule has 1 aliphatic heterocycles. The maximum absolute atomic E-state index is 13.1. The van der Waals surface area contributed by atoms with E-state index in [0.717, 1.165) is 37.5 Å². The van der Waals surface area contributed by atoms with Gasteiger partial charge in [-0.2, -0.15) is 0 Å². The third-order valence-electron chi connectivity index (χ3n) is 7.46. The number of halogens is 1. The summed E-state index contributed by atoms with van der Waals surface area (Å²) in [4.78, 5) is 53.5. The quantitative estimate of drug-likeness (QED) is 0.360. The highest BCUT2D eigenvalue weighted by Crippen LogP contribution is 2.44. The number of amides is 3. The van der Waals surface area contributed by atoms with Gasteiger partial charge in [-0.1, -0.05) is 36.6 Å². The molecular formula is C25H29ClN4O5. The Morgan fingerprint density at radius 2 is 1.86 bits per heavy atom. The van der Waals surface area contributed by atoms with Crippen LogP contribution >= 0.6 is 11.6 Å². The predicted octanol–water partition coefficient (Wildman–Crippen LogP) is 2.74. The van der Waals surface area contributed by atoms with Crippen LogP contribution < -0.4 is 16.0 Å². The van der Waals surface area contributed by atoms with Gasteiger partial charge in [0.2, 0.25) is 11.8 Å². The van der Waals surface area contributed by atoms with Crippen LogP contribution in [0.25, 0.3) is 10.9 Å². The Morgan fingerprint density at radius 3 is 2.49 bits per heavy atom. The minimum absolute atomic E-state index is 0.0214. The molecule has 186 valence electrons. The first-order chi connectivity index (χ1) is 16.7. The zero-order valence-electron chi connectivity index (χ0n) is 19.2. The first kappa shape index (κ1) is 23.7. The standard InChI is InChI=1S/C25H29ClN4O5/c26-16-3-1-2-14-11-18(27-20(14)16)23(33)28-17(10-13-4-5-13)22(32)29-19(24(34)35)12-15-6-7-25(8-9-25)30-21(15)31/h1-3,11,13,15,17,19,27H,4-10,12H2,(H,28,33)(H,29,32)(H,30,31)(H,34,35)/t15?,17-,19-/m0/s1. The van der Waals surface area contributed by atoms with Crippen LogP contribution in [0.2, 0.25) is 5.02 Å². The number of benzene rings is 1. The van der Waals surface area contributed by atoms with Gasteiger partial charge >= 0.3 is 5.97 Å². The fraction of sp³-hybridized carbons (Fsp3) is 0.520. The summed E-state index contributed by atoms with van der Waals surface area (Å²) in [5, 5.41) is 19.4. The first-order valence-electron chi connectivity index (χ1n) is 12.2. The van der Waals surface area contributed by atoms with Crippen LogP contribution in [-0.4, -0.2) is 51.4 Å². The first-order valence-corrected chi connectivity index (χ1v) is 12.5. The Balaban J connectivity index is 1.25. The third kappa shape index (κ3) is 5.29. The number of hydrogen-bond acceptors (Lipinski definition) is 4. The van der Waals surface area contributed by atoms with E-state index in [1.807, 2.05) is 6.07 Å². The molecule has 5 rings (SSSR count). The van der Waals surface area contributed by atoms with E-state index in [2.05, 4.69) is 20.9 Å². The number of para-hydroxylation sites is 1. The van der Waals surface area contributed by atoms with Crippen LogP contribution in [0.1, 0.15) is 61.9 Å². The van der Waals surface area contributed by atoms with Gasteiger partial charge < -0.3 is 26.0 Å². The van der Waals surface area contributed by atoms with E-state index in [4.69, 9.17) is 11.6 Å². The number of fused-ring (bicyclic) bond motifs is 1. The van der Waals surface area contributed by atoms with Gasteiger partial charge in [-0.05, 0) is 56.6 Å². The molecule has 3 fully saturated rings. The van der Waals surface area contributed by atoms with Crippen LogP contribution in [-0.2, 0) is 14.4 Å². The number of H-pyrrole nitrogens is 1. The second-order valence-electron chi connectivity index (χ2n) is 10.2. The number of aromatic nitrogens is 1. The normalized spacial score (nSPS) is 22.3. The molecule has 3 aliphatic rings. The maximum Gasteiger partial charge on any atom is 0.326 e. The number of nitrogens with one attached hydrogen (secondary N) is 4. The van der Waals surface area contributed by atoms with Gasteiger partial charge in [-0.15, -0.1) is 0 Å². The summed E-state index contributed by atoms with van der Waals surface area (Å²) in [5.41, 5.74) is 0.818. The molecule has 1 aromatic carbocycles. The Hall–Kier alpha value is -3.07. The van der Waals surface area contributed by atoms with Crippen molar-refractivity contribution in [2.45, 2.75) is 69.0 Å². The monoisotopic (exact) mass is 500 g/mol. The Labute approximate surface area is 207 Å². The molecular weight excluding hydrogens is 472 g/mol. The molecule has 35 heavy (non-hydrogen) atoms. The summed E-state index contributed by atoms with van der Waals surface area (Å²) in [6.07, 6.45) is 5.76. The summed E-state index contributed by atoms with van der Waals surface area (Å²) >= 11 is 6.19. The van der Waals surface area contributed by atoms with Gasteiger partial charge in [-0.25, -0.2) is 4.79 Å². The number of rotatable bonds is 9. The molecule has 0 bridgehead atoms. The van der Waals surface area contributed by atoms with Crippen LogP contribution in [0.5, 0.6) is 0 Å². The molecule has 2 saturated carbocycles. The summed E-state index contributed by atoms with van der Waals surface area (Å²) in [6, 6.07) is 4.90. The minimum atomic E-state index is -1.21. The van der Waals surface area contributed by atoms with Crippen molar-refractivity contribution in [3.05, 3.63) is 35.0 Å². The van der Waals surface area contributed by atoms with Crippen molar-refractivity contribution in [2.24, 2.45) is 11.8 Å². The lowest BCUT2D eigenvalue weighted by Crippen LogP contribution is -2.54. The highest BCUT2D eigenvalue weighted by Gasteiger charge is 2.48. The number of carbonyl (C=O) groups excluding carboxylic acids is 3. The Morgan fingerprint density at radius 1 is 1.09 bits per heavy atom. The Bertz CT molecular complexity index is 1190. The number of hydrogen-bond donors (Lipinski definition) is 5. The average molecular weight is 501 g/mol. The van der Waals surface area contributed by atoms with E-state index in [9.17, 15) is 24.3 Å². The van der Waals surface area contributed by atoms with Crippen LogP contribution in [0, 0.1) is 11.8 Å². The van der Waals surface area contributed by atoms with E-state index < -0.39 is 35.8 Å². The van der Waals surface area contributed by atoms with Gasteiger partial charge in [0.25, 0.3) is 5.91 Å². The summed E-state index contributed by atoms with van der Waals surface area (Å²) in [5.74, 6) is -2.51. The van der Waals surface area contributed by atoms with Crippen molar-refractivity contribution in [1.82, 2.24) is 20.9 Å². The van der Waals surface area contributed by atoms with Gasteiger partial charge in [0.15, 0.2) is 0 Å². The molecule has 9 nitrogen and oxygen atoms in total. The molecule has 1 saturated heterocycles. The van der Waals surface area contributed by atoms with Crippen molar-refractivity contribution in [3.8, 4) is 0 Å². The van der Waals surface area contributed by atoms with E-state index in [-0.39, 0.29) is 23.6 Å². The fourth-order valence-corrected chi connectivity index (χ4v) is 5.16. The average Bonchev–Trinajstić information content (AvgIpc) is 3.73. The zero-order valence-corrected chi connectivity index (χ0v) is 20.0. The molecule has 1 unspecified atom stereocenters. The molecule has 3 atom stereocenters. The molecule has 0 radical (unpaired) electrons. The maximum atomic E-state index is 13.1. The molecule has 3 amide bonds. The van der Waals surface area contributed by atoms with Crippen molar-refractivity contribution in [3.63, 3.8) is 0 Å². The van der Waals surface area contributed by atoms with Crippen LogP contribution in [0.4, 0.5) is 0 Å². The fourth-order valence-electron chi connectivity index (χ4n) is 4.93. The lowest BCUT2D eigenvalue weighted by molar-refractivity contribution is -0.143. The highest BCUT2D eigenvalue weighted by atomic mass is 35.5. The van der Waals surface area contributed by atoms with E-state index >= 15 is 0 Å². The van der Waals surface area contributed by atoms with Gasteiger partial charge in [-0.3, -0.25) is 14.4 Å². The second-order valence-corrected chi connectivity index (χ2v) is 10.6. The molecule has 2 aliphatic carbocycles. The summed E-state index contributed by atoms with van der Waals surface area (Å²) in [7, 11) is 0. The van der Waals surface area contributed by atoms with Crippen LogP contribution in [0.15, 0.2) is 24.3 Å². The van der Waals surface area contributed by atoms with Gasteiger partial charge in [0.05, 0.1) is 10.5 Å². The van der Waals surface area contributed by atoms with Crippen molar-refractivity contribution in [2.75, 3.05) is 0 Å². The number of aromatic amines is 1. The molecule has 1 aromatic heterocycles. The number of aliphatic carboxylic acids is 1. The summed E-state index contributed by atoms with van der Waals surface area (Å²) in [6.45, 7) is 0. The molecule has 10 heteroatoms. The smallest absolute Gasteiger partial charge is 0.326 e. The molecule has 2 heterocycles. The zero-order chi connectivity index (χ0) is 24.7. The van der Waals surface area contributed by atoms with E-state index in [0.29, 0.717) is 29.3 Å². The number of carboxylic acid groups (broad SMARTS) is 1. The predicted molar refractivity (Wildman–Crippen MR) is 129 cm³/mol. The third-order valence-corrected chi connectivity index (χ3v) is 7.77. The highest BCUT2D eigenvalue weighted by molar-refractivity contribution is 6.35. The van der Waals surface area contributed by atoms with Crippen molar-refractivity contribution >= 4 is 46.2 Å². The summed E-state index contributed by atoms with van der Waals surface area (Å²) < 4.78 is 0.